The Bertz CT molecular complexity index is 768. The summed E-state index contributed by atoms with van der Waals surface area (Å²) in [4.78, 5) is 3.93. The topological polar surface area (TPSA) is 37.0 Å². The molecule has 0 saturated heterocycles. The molecule has 0 aliphatic rings. The van der Waals surface area contributed by atoms with Crippen molar-refractivity contribution in [2.75, 3.05) is 17.7 Å². The van der Waals surface area contributed by atoms with Crippen molar-refractivity contribution in [1.29, 1.82) is 0 Å². The number of aromatic nitrogens is 1. The molecule has 0 radical (unpaired) electrons. The standard InChI is InChI=1S/C12H16N2.C9H11N.C4H8.2C2H6/c1-9(2)10(3)14-12-7-5-6-11(8-12)13-4;1-3-8(2)9-4-6-10-7-5-9;1-3-4-2;2*1-2/h5-8,13-14H,1,3H2,2,4H3;3-7H,1-2H3;3-4H,1-2H3;2*1-2H3/b;8-3+;4-3-;;. The molecule has 0 fully saturated rings. The van der Waals surface area contributed by atoms with E-state index in [0.29, 0.717) is 0 Å². The minimum Gasteiger partial charge on any atom is -0.388 e. The average Bonchev–Trinajstić information content (AvgIpc) is 2.87. The van der Waals surface area contributed by atoms with Gasteiger partial charge in [0.05, 0.1) is 0 Å². The second-order valence-corrected chi connectivity index (χ2v) is 6.09. The molecule has 0 spiro atoms. The van der Waals surface area contributed by atoms with E-state index < -0.39 is 0 Å². The van der Waals surface area contributed by atoms with Gasteiger partial charge in [-0.1, -0.05) is 65.1 Å². The fourth-order valence-electron chi connectivity index (χ4n) is 1.81. The maximum absolute atomic E-state index is 3.93. The fourth-order valence-corrected chi connectivity index (χ4v) is 1.81. The monoisotopic (exact) mass is 437 g/mol. The van der Waals surface area contributed by atoms with Crippen LogP contribution in [0.25, 0.3) is 5.57 Å². The molecule has 0 aliphatic heterocycles. The lowest BCUT2D eigenvalue weighted by molar-refractivity contribution is 1.31. The first-order chi connectivity index (χ1) is 15.4. The van der Waals surface area contributed by atoms with Crippen LogP contribution in [-0.2, 0) is 0 Å². The van der Waals surface area contributed by atoms with Crippen molar-refractivity contribution in [2.24, 2.45) is 0 Å². The Kier molecular flexibility index (Phi) is 25.4. The fraction of sp³-hybridized carbons (Fsp3) is 0.345. The summed E-state index contributed by atoms with van der Waals surface area (Å²) in [6.45, 7) is 25.7. The van der Waals surface area contributed by atoms with E-state index in [1.165, 1.54) is 11.1 Å². The van der Waals surface area contributed by atoms with Crippen molar-refractivity contribution in [2.45, 2.75) is 62.3 Å². The van der Waals surface area contributed by atoms with Crippen LogP contribution in [0.15, 0.2) is 91.4 Å². The predicted octanol–water partition coefficient (Wildman–Crippen LogP) is 9.37. The lowest BCUT2D eigenvalue weighted by atomic mass is 10.1. The summed E-state index contributed by atoms with van der Waals surface area (Å²) in [5.74, 6) is 0. The van der Waals surface area contributed by atoms with Gasteiger partial charge in [0.25, 0.3) is 0 Å². The number of hydrogen-bond donors (Lipinski definition) is 2. The van der Waals surface area contributed by atoms with Gasteiger partial charge in [0.15, 0.2) is 0 Å². The molecule has 2 N–H and O–H groups in total. The van der Waals surface area contributed by atoms with Crippen LogP contribution in [0.3, 0.4) is 0 Å². The van der Waals surface area contributed by atoms with Crippen molar-refractivity contribution in [3.05, 3.63) is 97.0 Å². The second kappa shape index (κ2) is 24.2. The number of hydrogen-bond acceptors (Lipinski definition) is 3. The van der Waals surface area contributed by atoms with E-state index in [9.17, 15) is 0 Å². The minimum atomic E-state index is 0.846. The van der Waals surface area contributed by atoms with Gasteiger partial charge in [-0.05, 0) is 81.7 Å². The van der Waals surface area contributed by atoms with E-state index in [2.05, 4.69) is 41.8 Å². The molecule has 2 rings (SSSR count). The van der Waals surface area contributed by atoms with Crippen LogP contribution in [0.1, 0.15) is 67.9 Å². The molecule has 3 nitrogen and oxygen atoms in total. The Balaban J connectivity index is -0.000000408. The molecule has 2 aromatic rings. The molecule has 1 aromatic heterocycles. The van der Waals surface area contributed by atoms with E-state index in [-0.39, 0.29) is 0 Å². The van der Waals surface area contributed by atoms with E-state index in [1.807, 2.05) is 123 Å². The van der Waals surface area contributed by atoms with Crippen molar-refractivity contribution >= 4 is 16.9 Å². The SMILES string of the molecule is C/C=C(\C)c1ccncc1.C/C=C\C.C=C(C)C(=C)Nc1cccc(NC)c1.CC.CC. The molecular formula is C29H47N3. The molecule has 0 amide bonds. The third-order valence-electron chi connectivity index (χ3n) is 3.86. The summed E-state index contributed by atoms with van der Waals surface area (Å²) >= 11 is 0. The molecule has 32 heavy (non-hydrogen) atoms. The molecule has 3 heteroatoms. The van der Waals surface area contributed by atoms with Crippen LogP contribution < -0.4 is 10.6 Å². The number of nitrogens with one attached hydrogen (secondary N) is 2. The highest BCUT2D eigenvalue weighted by molar-refractivity contribution is 5.62. The van der Waals surface area contributed by atoms with Gasteiger partial charge >= 0.3 is 0 Å². The Hall–Kier alpha value is -3.07. The summed E-state index contributed by atoms with van der Waals surface area (Å²) in [7, 11) is 1.90. The predicted molar refractivity (Wildman–Crippen MR) is 150 cm³/mol. The van der Waals surface area contributed by atoms with Gasteiger partial charge in [-0.2, -0.15) is 0 Å². The molecule has 178 valence electrons. The first-order valence-corrected chi connectivity index (χ1v) is 11.4. The van der Waals surface area contributed by atoms with Gasteiger partial charge in [-0.15, -0.1) is 0 Å². The van der Waals surface area contributed by atoms with Crippen LogP contribution in [0, 0.1) is 0 Å². The first-order valence-electron chi connectivity index (χ1n) is 11.4. The molecule has 0 unspecified atom stereocenters. The van der Waals surface area contributed by atoms with E-state index in [4.69, 9.17) is 0 Å². The van der Waals surface area contributed by atoms with Gasteiger partial charge < -0.3 is 10.6 Å². The third kappa shape index (κ3) is 17.8. The van der Waals surface area contributed by atoms with Crippen molar-refractivity contribution in [3.8, 4) is 0 Å². The number of pyridine rings is 1. The summed E-state index contributed by atoms with van der Waals surface area (Å²) in [6.07, 6.45) is 9.71. The van der Waals surface area contributed by atoms with Crippen LogP contribution in [-0.4, -0.2) is 12.0 Å². The highest BCUT2D eigenvalue weighted by Gasteiger charge is 1.96. The Morgan fingerprint density at radius 3 is 1.75 bits per heavy atom. The van der Waals surface area contributed by atoms with Crippen molar-refractivity contribution in [1.82, 2.24) is 4.98 Å². The molecule has 1 heterocycles. The Morgan fingerprint density at radius 2 is 1.34 bits per heavy atom. The quantitative estimate of drug-likeness (QED) is 0.361. The van der Waals surface area contributed by atoms with Crippen LogP contribution in [0.2, 0.25) is 0 Å². The zero-order chi connectivity index (χ0) is 25.4. The Labute approximate surface area is 199 Å². The number of allylic oxidation sites excluding steroid dienone is 5. The Morgan fingerprint density at radius 1 is 0.844 bits per heavy atom. The molecule has 0 saturated carbocycles. The molecule has 0 aliphatic carbocycles. The lowest BCUT2D eigenvalue weighted by Crippen LogP contribution is -1.99. The smallest absolute Gasteiger partial charge is 0.0404 e. The largest absolute Gasteiger partial charge is 0.388 e. The molecule has 0 atom stereocenters. The maximum atomic E-state index is 3.93. The number of nitrogens with zero attached hydrogens (tertiary/aromatic N) is 1. The van der Waals surface area contributed by atoms with E-state index in [1.54, 1.807) is 0 Å². The third-order valence-corrected chi connectivity index (χ3v) is 3.86. The highest BCUT2D eigenvalue weighted by atomic mass is 14.9. The van der Waals surface area contributed by atoms with E-state index >= 15 is 0 Å². The number of anilines is 2. The number of rotatable bonds is 5. The summed E-state index contributed by atoms with van der Waals surface area (Å²) < 4.78 is 0. The summed E-state index contributed by atoms with van der Waals surface area (Å²) in [5, 5.41) is 6.26. The summed E-state index contributed by atoms with van der Waals surface area (Å²) in [6, 6.07) is 12.0. The first kappa shape index (κ1) is 33.6. The van der Waals surface area contributed by atoms with Gasteiger partial charge in [-0.3, -0.25) is 4.98 Å². The molecular weight excluding hydrogens is 390 g/mol. The van der Waals surface area contributed by atoms with Gasteiger partial charge in [0.1, 0.15) is 0 Å². The van der Waals surface area contributed by atoms with Crippen molar-refractivity contribution in [3.63, 3.8) is 0 Å². The van der Waals surface area contributed by atoms with Crippen molar-refractivity contribution < 1.29 is 0 Å². The average molecular weight is 438 g/mol. The number of benzene rings is 1. The van der Waals surface area contributed by atoms with Gasteiger partial charge in [0.2, 0.25) is 0 Å². The van der Waals surface area contributed by atoms with Gasteiger partial charge in [-0.25, -0.2) is 0 Å². The zero-order valence-electron chi connectivity index (χ0n) is 22.2. The van der Waals surface area contributed by atoms with Crippen LogP contribution in [0.4, 0.5) is 11.4 Å². The minimum absolute atomic E-state index is 0.846. The summed E-state index contributed by atoms with van der Waals surface area (Å²) in [5.41, 5.74) is 6.42. The second-order valence-electron chi connectivity index (χ2n) is 6.09. The lowest BCUT2D eigenvalue weighted by Gasteiger charge is -2.10. The normalized spacial score (nSPS) is 9.25. The maximum Gasteiger partial charge on any atom is 0.0404 e. The van der Waals surface area contributed by atoms with Crippen LogP contribution in [0.5, 0.6) is 0 Å². The van der Waals surface area contributed by atoms with Crippen LogP contribution >= 0.6 is 0 Å². The van der Waals surface area contributed by atoms with Gasteiger partial charge in [0, 0.05) is 36.5 Å². The highest BCUT2D eigenvalue weighted by Crippen LogP contribution is 2.17. The zero-order valence-corrected chi connectivity index (χ0v) is 22.2. The molecule has 1 aromatic carbocycles. The molecule has 0 bridgehead atoms. The van der Waals surface area contributed by atoms with E-state index in [0.717, 1.165) is 22.6 Å².